The molecule has 1 saturated heterocycles. The number of nitrogens with one attached hydrogen (secondary N) is 1. The van der Waals surface area contributed by atoms with Gasteiger partial charge in [0.15, 0.2) is 0 Å². The maximum absolute atomic E-state index is 13.8. The quantitative estimate of drug-likeness (QED) is 0.383. The molecule has 6 nitrogen and oxygen atoms in total. The van der Waals surface area contributed by atoms with Crippen molar-refractivity contribution in [3.63, 3.8) is 0 Å². The second-order valence-electron chi connectivity index (χ2n) is 8.58. The molecule has 0 radical (unpaired) electrons. The summed E-state index contributed by atoms with van der Waals surface area (Å²) in [7, 11) is 0. The molecule has 2 aliphatic rings. The molecule has 3 heterocycles. The Bertz CT molecular complexity index is 1490. The number of benzene rings is 3. The van der Waals surface area contributed by atoms with Crippen LogP contribution in [0, 0.1) is 12.8 Å². The molecule has 35 heavy (non-hydrogen) atoms. The highest BCUT2D eigenvalue weighted by Crippen LogP contribution is 2.53. The van der Waals surface area contributed by atoms with Gasteiger partial charge >= 0.3 is 4.87 Å². The van der Waals surface area contributed by atoms with Gasteiger partial charge in [0, 0.05) is 10.8 Å². The second kappa shape index (κ2) is 8.55. The van der Waals surface area contributed by atoms with E-state index >= 15 is 0 Å². The van der Waals surface area contributed by atoms with Gasteiger partial charge in [-0.25, -0.2) is 4.90 Å². The van der Waals surface area contributed by atoms with Crippen LogP contribution in [0.3, 0.4) is 0 Å². The van der Waals surface area contributed by atoms with Crippen LogP contribution in [0.25, 0.3) is 0 Å². The normalized spacial score (nSPS) is 21.1. The first-order valence-electron chi connectivity index (χ1n) is 11.2. The molecule has 8 heteroatoms. The van der Waals surface area contributed by atoms with Gasteiger partial charge in [0.25, 0.3) is 0 Å². The lowest BCUT2D eigenvalue weighted by Gasteiger charge is -2.30. The summed E-state index contributed by atoms with van der Waals surface area (Å²) >= 11 is 2.38. The van der Waals surface area contributed by atoms with Gasteiger partial charge < -0.3 is 9.72 Å². The molecule has 2 amide bonds. The van der Waals surface area contributed by atoms with Crippen molar-refractivity contribution in [1.82, 2.24) is 4.98 Å². The average molecular weight is 501 g/mol. The standard InChI is InChI=1S/C27H20N2O4S2/c1-15-10-12-17(13-11-15)29-25(30)21-20(22-24(28-27(32)35-22)34-23(21)26(29)31)16-6-5-9-19(14-16)33-18-7-3-2-4-8-18/h2-14,20-21,23H,1H3,(H,28,32). The number of nitrogens with zero attached hydrogens (tertiary/aromatic N) is 1. The number of anilines is 1. The number of amides is 2. The fraction of sp³-hybridized carbons (Fsp3) is 0.148. The van der Waals surface area contributed by atoms with Crippen molar-refractivity contribution >= 4 is 40.6 Å². The van der Waals surface area contributed by atoms with Crippen molar-refractivity contribution < 1.29 is 14.3 Å². The molecular weight excluding hydrogens is 480 g/mol. The van der Waals surface area contributed by atoms with E-state index in [4.69, 9.17) is 4.74 Å². The number of aromatic amines is 1. The van der Waals surface area contributed by atoms with Crippen LogP contribution in [-0.4, -0.2) is 22.0 Å². The zero-order chi connectivity index (χ0) is 24.1. The summed E-state index contributed by atoms with van der Waals surface area (Å²) < 4.78 is 6.03. The summed E-state index contributed by atoms with van der Waals surface area (Å²) in [5.41, 5.74) is 2.45. The SMILES string of the molecule is Cc1ccc(N2C(=O)C3Sc4[nH]c(=O)sc4C(c4cccc(Oc5ccccc5)c4)C3C2=O)cc1. The summed E-state index contributed by atoms with van der Waals surface area (Å²) in [6.45, 7) is 1.96. The zero-order valence-electron chi connectivity index (χ0n) is 18.6. The van der Waals surface area contributed by atoms with Gasteiger partial charge in [-0.15, -0.1) is 0 Å². The number of hydrogen-bond acceptors (Lipinski definition) is 6. The van der Waals surface area contributed by atoms with E-state index in [0.717, 1.165) is 27.3 Å². The summed E-state index contributed by atoms with van der Waals surface area (Å²) in [6, 6.07) is 24.4. The highest BCUT2D eigenvalue weighted by atomic mass is 32.2. The first kappa shape index (κ1) is 21.9. The third kappa shape index (κ3) is 3.79. The maximum Gasteiger partial charge on any atom is 0.305 e. The lowest BCUT2D eigenvalue weighted by atomic mass is 9.83. The topological polar surface area (TPSA) is 79.5 Å². The molecular formula is C27H20N2O4S2. The minimum absolute atomic E-state index is 0.195. The first-order valence-corrected chi connectivity index (χ1v) is 12.9. The van der Waals surface area contributed by atoms with Crippen LogP contribution < -0.4 is 14.5 Å². The van der Waals surface area contributed by atoms with E-state index in [0.29, 0.717) is 22.2 Å². The molecule has 6 rings (SSSR count). The monoisotopic (exact) mass is 500 g/mol. The predicted octanol–water partition coefficient (Wildman–Crippen LogP) is 5.33. The highest BCUT2D eigenvalue weighted by molar-refractivity contribution is 8.00. The van der Waals surface area contributed by atoms with E-state index in [2.05, 4.69) is 4.98 Å². The molecule has 0 aliphatic carbocycles. The molecule has 1 fully saturated rings. The van der Waals surface area contributed by atoms with Crippen LogP contribution >= 0.6 is 23.1 Å². The first-order chi connectivity index (χ1) is 17.0. The lowest BCUT2D eigenvalue weighted by molar-refractivity contribution is -0.122. The number of thioether (sulfide) groups is 1. The van der Waals surface area contributed by atoms with E-state index in [9.17, 15) is 14.4 Å². The van der Waals surface area contributed by atoms with Crippen LogP contribution in [0.1, 0.15) is 21.9 Å². The van der Waals surface area contributed by atoms with Gasteiger partial charge in [0.05, 0.1) is 16.6 Å². The van der Waals surface area contributed by atoms with Gasteiger partial charge in [-0.2, -0.15) is 0 Å². The number of H-pyrrole nitrogens is 1. The smallest absolute Gasteiger partial charge is 0.305 e. The van der Waals surface area contributed by atoms with Crippen molar-refractivity contribution in [3.05, 3.63) is 105 Å². The fourth-order valence-corrected chi connectivity index (χ4v) is 7.24. The van der Waals surface area contributed by atoms with Crippen molar-refractivity contribution in [3.8, 4) is 11.5 Å². The molecule has 2 aliphatic heterocycles. The van der Waals surface area contributed by atoms with E-state index in [1.807, 2.05) is 73.7 Å². The van der Waals surface area contributed by atoms with Crippen molar-refractivity contribution in [2.24, 2.45) is 5.92 Å². The fourth-order valence-electron chi connectivity index (χ4n) is 4.72. The predicted molar refractivity (Wildman–Crippen MR) is 137 cm³/mol. The lowest BCUT2D eigenvalue weighted by Crippen LogP contribution is -2.32. The third-order valence-corrected chi connectivity index (χ3v) is 8.71. The van der Waals surface area contributed by atoms with Crippen molar-refractivity contribution in [2.45, 2.75) is 23.1 Å². The van der Waals surface area contributed by atoms with Gasteiger partial charge in [-0.3, -0.25) is 14.4 Å². The molecule has 3 unspecified atom stereocenters. The molecule has 1 aromatic heterocycles. The van der Waals surface area contributed by atoms with Crippen LogP contribution in [-0.2, 0) is 9.59 Å². The Kier molecular flexibility index (Phi) is 5.35. The number of carbonyl (C=O) groups excluding carboxylic acids is 2. The van der Waals surface area contributed by atoms with Gasteiger partial charge in [-0.05, 0) is 48.9 Å². The summed E-state index contributed by atoms with van der Waals surface area (Å²) in [5.74, 6) is -0.243. The number of aromatic nitrogens is 1. The Morgan fingerprint density at radius 1 is 0.857 bits per heavy atom. The number of para-hydroxylation sites is 1. The minimum atomic E-state index is -0.625. The number of carbonyl (C=O) groups is 2. The zero-order valence-corrected chi connectivity index (χ0v) is 20.3. The third-order valence-electron chi connectivity index (χ3n) is 6.31. The largest absolute Gasteiger partial charge is 0.457 e. The van der Waals surface area contributed by atoms with Gasteiger partial charge in [0.2, 0.25) is 11.8 Å². The molecule has 0 spiro atoms. The van der Waals surface area contributed by atoms with Crippen LogP contribution in [0.5, 0.6) is 11.5 Å². The van der Waals surface area contributed by atoms with Crippen LogP contribution in [0.15, 0.2) is 88.7 Å². The number of aryl methyl sites for hydroxylation is 1. The Hall–Kier alpha value is -3.62. The Morgan fingerprint density at radius 2 is 1.60 bits per heavy atom. The summed E-state index contributed by atoms with van der Waals surface area (Å²) in [4.78, 5) is 44.3. The summed E-state index contributed by atoms with van der Waals surface area (Å²) in [6.07, 6.45) is 0. The average Bonchev–Trinajstić information content (AvgIpc) is 3.35. The molecule has 0 saturated carbocycles. The molecule has 1 N–H and O–H groups in total. The molecule has 3 atom stereocenters. The minimum Gasteiger partial charge on any atom is -0.457 e. The highest BCUT2D eigenvalue weighted by Gasteiger charge is 2.56. The van der Waals surface area contributed by atoms with Gasteiger partial charge in [0.1, 0.15) is 16.7 Å². The number of imide groups is 1. The number of rotatable bonds is 4. The molecule has 4 aromatic rings. The Balaban J connectivity index is 1.43. The van der Waals surface area contributed by atoms with Crippen molar-refractivity contribution in [2.75, 3.05) is 4.90 Å². The van der Waals surface area contributed by atoms with E-state index < -0.39 is 17.1 Å². The number of ether oxygens (including phenoxy) is 1. The second-order valence-corrected chi connectivity index (χ2v) is 10.8. The Morgan fingerprint density at radius 3 is 2.37 bits per heavy atom. The molecule has 0 bridgehead atoms. The van der Waals surface area contributed by atoms with E-state index in [1.165, 1.54) is 16.7 Å². The maximum atomic E-state index is 13.8. The molecule has 174 valence electrons. The Labute approximate surface area is 209 Å². The number of fused-ring (bicyclic) bond motifs is 2. The van der Waals surface area contributed by atoms with Crippen LogP contribution in [0.2, 0.25) is 0 Å². The van der Waals surface area contributed by atoms with E-state index in [-0.39, 0.29) is 16.7 Å². The van der Waals surface area contributed by atoms with E-state index in [1.54, 1.807) is 12.1 Å². The van der Waals surface area contributed by atoms with Gasteiger partial charge in [-0.1, -0.05) is 71.1 Å². The van der Waals surface area contributed by atoms with Crippen LogP contribution in [0.4, 0.5) is 5.69 Å². The number of hydrogen-bond donors (Lipinski definition) is 1. The summed E-state index contributed by atoms with van der Waals surface area (Å²) in [5, 5.41) is 0.0396. The molecule has 3 aromatic carbocycles. The van der Waals surface area contributed by atoms with Crippen molar-refractivity contribution in [1.29, 1.82) is 0 Å². The number of thiazole rings is 1.